The molecular formula is C40H52Br2FN7O5. The number of nitrogens with zero attached hydrogens (tertiary/aromatic N) is 6. The third-order valence-corrected chi connectivity index (χ3v) is 9.61. The van der Waals surface area contributed by atoms with E-state index in [0.717, 1.165) is 103 Å². The molecule has 3 saturated heterocycles. The zero-order chi connectivity index (χ0) is 39.3. The maximum atomic E-state index is 13.3. The Morgan fingerprint density at radius 1 is 0.636 bits per heavy atom. The Morgan fingerprint density at radius 2 is 1.07 bits per heavy atom. The van der Waals surface area contributed by atoms with Gasteiger partial charge >= 0.3 is 0 Å². The molecular weight excluding hydrogens is 837 g/mol. The highest BCUT2D eigenvalue weighted by atomic mass is 79.9. The largest absolute Gasteiger partial charge is 0.473 e. The van der Waals surface area contributed by atoms with Gasteiger partial charge in [-0.1, -0.05) is 6.07 Å². The zero-order valence-electron chi connectivity index (χ0n) is 32.3. The summed E-state index contributed by atoms with van der Waals surface area (Å²) in [6.45, 7) is 19.3. The molecule has 0 bridgehead atoms. The SMILES string of the molecule is CC(C)Oc1ncc(Br)cc1N1CCOCC1.Cc1ccc(N)cc1-c1cnc(OC(C)C)c(N2CCOCC2)c1.Fc1ncc(Br)cc1N1CCOCC1. The van der Waals surface area contributed by atoms with Gasteiger partial charge in [0, 0.05) is 78.1 Å². The zero-order valence-corrected chi connectivity index (χ0v) is 35.4. The first kappa shape index (κ1) is 42.4. The lowest BCUT2D eigenvalue weighted by Gasteiger charge is -2.30. The van der Waals surface area contributed by atoms with Crippen molar-refractivity contribution in [2.24, 2.45) is 0 Å². The molecule has 12 nitrogen and oxygen atoms in total. The Morgan fingerprint density at radius 3 is 1.58 bits per heavy atom. The summed E-state index contributed by atoms with van der Waals surface area (Å²) in [5.41, 5.74) is 12.7. The summed E-state index contributed by atoms with van der Waals surface area (Å²) < 4.78 is 42.8. The smallest absolute Gasteiger partial charge is 0.237 e. The van der Waals surface area contributed by atoms with Crippen molar-refractivity contribution in [1.29, 1.82) is 0 Å². The molecule has 4 aromatic rings. The molecule has 0 amide bonds. The molecule has 3 aliphatic rings. The number of halogens is 3. The molecule has 3 aliphatic heterocycles. The minimum absolute atomic E-state index is 0.0808. The number of benzene rings is 1. The lowest BCUT2D eigenvalue weighted by Crippen LogP contribution is -2.36. The molecule has 3 aromatic heterocycles. The van der Waals surface area contributed by atoms with Crippen LogP contribution in [-0.4, -0.2) is 106 Å². The van der Waals surface area contributed by atoms with Gasteiger partial charge in [0.05, 0.1) is 57.5 Å². The van der Waals surface area contributed by atoms with Crippen molar-refractivity contribution >= 4 is 54.6 Å². The molecule has 55 heavy (non-hydrogen) atoms. The van der Waals surface area contributed by atoms with Crippen LogP contribution in [0, 0.1) is 12.9 Å². The Labute approximate surface area is 340 Å². The molecule has 15 heteroatoms. The Bertz CT molecular complexity index is 1820. The highest BCUT2D eigenvalue weighted by Crippen LogP contribution is 2.35. The number of pyridine rings is 3. The van der Waals surface area contributed by atoms with Crippen molar-refractivity contribution in [1.82, 2.24) is 15.0 Å². The number of rotatable bonds is 8. The lowest BCUT2D eigenvalue weighted by atomic mass is 10.0. The van der Waals surface area contributed by atoms with Gasteiger partial charge in [0.2, 0.25) is 17.7 Å². The van der Waals surface area contributed by atoms with E-state index in [2.05, 4.69) is 75.7 Å². The maximum absolute atomic E-state index is 13.3. The number of morpholine rings is 3. The maximum Gasteiger partial charge on any atom is 0.237 e. The third-order valence-electron chi connectivity index (χ3n) is 8.74. The second-order valence-corrected chi connectivity index (χ2v) is 15.5. The number of aromatic nitrogens is 3. The molecule has 0 atom stereocenters. The molecule has 7 rings (SSSR count). The fourth-order valence-electron chi connectivity index (χ4n) is 6.08. The minimum Gasteiger partial charge on any atom is -0.473 e. The van der Waals surface area contributed by atoms with Crippen LogP contribution in [0.2, 0.25) is 0 Å². The van der Waals surface area contributed by atoms with E-state index in [9.17, 15) is 4.39 Å². The van der Waals surface area contributed by atoms with Crippen LogP contribution in [0.5, 0.6) is 11.8 Å². The van der Waals surface area contributed by atoms with Gasteiger partial charge < -0.3 is 44.1 Å². The van der Waals surface area contributed by atoms with Crippen molar-refractivity contribution in [2.45, 2.75) is 46.8 Å². The van der Waals surface area contributed by atoms with Gasteiger partial charge in [-0.3, -0.25) is 0 Å². The molecule has 0 aliphatic carbocycles. The van der Waals surface area contributed by atoms with Gasteiger partial charge in [0.15, 0.2) is 0 Å². The summed E-state index contributed by atoms with van der Waals surface area (Å²) in [6.07, 6.45) is 5.30. The number of nitrogens with two attached hydrogens (primary N) is 1. The van der Waals surface area contributed by atoms with Crippen molar-refractivity contribution < 1.29 is 28.1 Å². The predicted molar refractivity (Wildman–Crippen MR) is 223 cm³/mol. The van der Waals surface area contributed by atoms with E-state index in [4.69, 9.17) is 29.4 Å². The van der Waals surface area contributed by atoms with Gasteiger partial charge in [-0.2, -0.15) is 4.39 Å². The summed E-state index contributed by atoms with van der Waals surface area (Å²) in [5.74, 6) is 0.956. The first-order valence-corrected chi connectivity index (χ1v) is 20.2. The van der Waals surface area contributed by atoms with Crippen LogP contribution in [0.1, 0.15) is 33.3 Å². The highest BCUT2D eigenvalue weighted by molar-refractivity contribution is 9.10. The predicted octanol–water partition coefficient (Wildman–Crippen LogP) is 7.55. The summed E-state index contributed by atoms with van der Waals surface area (Å²) in [4.78, 5) is 19.1. The molecule has 0 saturated carbocycles. The van der Waals surface area contributed by atoms with E-state index in [1.54, 1.807) is 12.3 Å². The molecule has 3 fully saturated rings. The van der Waals surface area contributed by atoms with Crippen LogP contribution in [0.3, 0.4) is 0 Å². The summed E-state index contributed by atoms with van der Waals surface area (Å²) in [5, 5.41) is 0. The molecule has 6 heterocycles. The van der Waals surface area contributed by atoms with Crippen LogP contribution in [0.15, 0.2) is 63.9 Å². The summed E-state index contributed by atoms with van der Waals surface area (Å²) >= 11 is 6.73. The molecule has 1 aromatic carbocycles. The van der Waals surface area contributed by atoms with E-state index < -0.39 is 5.95 Å². The second-order valence-electron chi connectivity index (χ2n) is 13.7. The van der Waals surface area contributed by atoms with Gasteiger partial charge in [-0.15, -0.1) is 0 Å². The molecule has 298 valence electrons. The number of nitrogen functional groups attached to an aromatic ring is 1. The highest BCUT2D eigenvalue weighted by Gasteiger charge is 2.21. The Balaban J connectivity index is 0.000000165. The van der Waals surface area contributed by atoms with Crippen LogP contribution in [0.25, 0.3) is 11.1 Å². The first-order chi connectivity index (χ1) is 26.5. The normalized spacial score (nSPS) is 15.9. The van der Waals surface area contributed by atoms with Crippen LogP contribution < -0.4 is 29.9 Å². The number of hydrogen-bond donors (Lipinski definition) is 1. The fraction of sp³-hybridized carbons (Fsp3) is 0.475. The van der Waals surface area contributed by atoms with E-state index in [1.807, 2.05) is 57.0 Å². The van der Waals surface area contributed by atoms with Gasteiger partial charge in [-0.25, -0.2) is 15.0 Å². The van der Waals surface area contributed by atoms with Crippen molar-refractivity contribution in [3.05, 3.63) is 75.4 Å². The van der Waals surface area contributed by atoms with Gasteiger partial charge in [0.1, 0.15) is 11.4 Å². The average molecular weight is 890 g/mol. The average Bonchev–Trinajstić information content (AvgIpc) is 3.19. The van der Waals surface area contributed by atoms with E-state index >= 15 is 0 Å². The van der Waals surface area contributed by atoms with Crippen LogP contribution >= 0.6 is 31.9 Å². The van der Waals surface area contributed by atoms with Gasteiger partial charge in [0.25, 0.3) is 0 Å². The van der Waals surface area contributed by atoms with Gasteiger partial charge in [-0.05, 0) is 108 Å². The molecule has 0 spiro atoms. The van der Waals surface area contributed by atoms with Crippen LogP contribution in [0.4, 0.5) is 27.1 Å². The number of ether oxygens (including phenoxy) is 5. The van der Waals surface area contributed by atoms with E-state index in [-0.39, 0.29) is 12.2 Å². The third kappa shape index (κ3) is 12.6. The van der Waals surface area contributed by atoms with Crippen molar-refractivity contribution in [3.63, 3.8) is 0 Å². The van der Waals surface area contributed by atoms with E-state index in [0.29, 0.717) is 30.7 Å². The monoisotopic (exact) mass is 887 g/mol. The lowest BCUT2D eigenvalue weighted by molar-refractivity contribution is 0.122. The quantitative estimate of drug-likeness (QED) is 0.139. The summed E-state index contributed by atoms with van der Waals surface area (Å²) in [7, 11) is 0. The standard InChI is InChI=1S/C19H25N3O2.C12H17BrN2O2.C9H10BrFN2O/c1-13(2)24-19-18(22-6-8-23-9-7-22)10-15(12-21-19)17-11-16(20)5-4-14(17)3;1-9(2)17-12-11(7-10(13)8-14-12)15-3-5-16-6-4-15;10-7-5-8(9(11)12-6-7)13-1-3-14-4-2-13/h4-5,10-13H,6-9,20H2,1-3H3;7-9H,3-6H2,1-2H3;5-6H,1-4H2. The van der Waals surface area contributed by atoms with E-state index in [1.165, 1.54) is 11.8 Å². The Kier molecular flexibility index (Phi) is 16.1. The number of aryl methyl sites for hydroxylation is 1. The number of hydrogen-bond acceptors (Lipinski definition) is 12. The Hall–Kier alpha value is -3.76. The molecule has 0 unspecified atom stereocenters. The molecule has 0 radical (unpaired) electrons. The van der Waals surface area contributed by atoms with Crippen molar-refractivity contribution in [2.75, 3.05) is 99.3 Å². The fourth-order valence-corrected chi connectivity index (χ4v) is 6.72. The number of anilines is 4. The van der Waals surface area contributed by atoms with Crippen molar-refractivity contribution in [3.8, 4) is 22.9 Å². The summed E-state index contributed by atoms with van der Waals surface area (Å²) in [6, 6.07) is 11.9. The molecule has 2 N–H and O–H groups in total. The first-order valence-electron chi connectivity index (χ1n) is 18.6. The minimum atomic E-state index is -0.421. The second kappa shape index (κ2) is 21.0. The van der Waals surface area contributed by atoms with Crippen LogP contribution in [-0.2, 0) is 14.2 Å². The topological polar surface area (TPSA) is 121 Å².